The number of rotatable bonds is 8. The molecule has 2 aromatic carbocycles. The van der Waals surface area contributed by atoms with Gasteiger partial charge in [-0.3, -0.25) is 9.59 Å². The second-order valence-corrected chi connectivity index (χ2v) is 8.49. The molecule has 0 radical (unpaired) electrons. The SMILES string of the molecule is CC(=O)N[C@H](Cc1ccccc1)C(=O)N[C@H](Cc1ccc(C(C)(C)C)cc1)C(=O)O. The molecule has 2 rings (SSSR count). The molecular weight excluding hydrogens is 380 g/mol. The Labute approximate surface area is 177 Å². The summed E-state index contributed by atoms with van der Waals surface area (Å²) in [5.74, 6) is -1.99. The van der Waals surface area contributed by atoms with E-state index in [4.69, 9.17) is 0 Å². The molecule has 3 N–H and O–H groups in total. The molecule has 2 aromatic rings. The highest BCUT2D eigenvalue weighted by molar-refractivity contribution is 5.90. The summed E-state index contributed by atoms with van der Waals surface area (Å²) in [7, 11) is 0. The third-order valence-electron chi connectivity index (χ3n) is 4.85. The van der Waals surface area contributed by atoms with Crippen molar-refractivity contribution >= 4 is 17.8 Å². The van der Waals surface area contributed by atoms with Crippen molar-refractivity contribution in [1.82, 2.24) is 10.6 Å². The predicted octanol–water partition coefficient (Wildman–Crippen LogP) is 2.84. The highest BCUT2D eigenvalue weighted by Crippen LogP contribution is 2.22. The van der Waals surface area contributed by atoms with Gasteiger partial charge in [0.2, 0.25) is 11.8 Å². The number of carbonyl (C=O) groups excluding carboxylic acids is 2. The first-order valence-electron chi connectivity index (χ1n) is 10.00. The maximum absolute atomic E-state index is 12.8. The Morgan fingerprint density at radius 3 is 1.87 bits per heavy atom. The predicted molar refractivity (Wildman–Crippen MR) is 116 cm³/mol. The highest BCUT2D eigenvalue weighted by atomic mass is 16.4. The van der Waals surface area contributed by atoms with Gasteiger partial charge in [0, 0.05) is 19.8 Å². The van der Waals surface area contributed by atoms with E-state index in [0.717, 1.165) is 16.7 Å². The zero-order valence-corrected chi connectivity index (χ0v) is 17.9. The number of hydrogen-bond acceptors (Lipinski definition) is 3. The van der Waals surface area contributed by atoms with E-state index in [9.17, 15) is 19.5 Å². The van der Waals surface area contributed by atoms with E-state index >= 15 is 0 Å². The first kappa shape index (κ1) is 23.1. The van der Waals surface area contributed by atoms with Gasteiger partial charge in [-0.2, -0.15) is 0 Å². The molecule has 0 spiro atoms. The van der Waals surface area contributed by atoms with Gasteiger partial charge in [-0.1, -0.05) is 75.4 Å². The minimum atomic E-state index is -1.12. The summed E-state index contributed by atoms with van der Waals surface area (Å²) in [6, 6.07) is 15.1. The van der Waals surface area contributed by atoms with E-state index in [0.29, 0.717) is 0 Å². The Morgan fingerprint density at radius 2 is 1.37 bits per heavy atom. The molecule has 0 aliphatic heterocycles. The Balaban J connectivity index is 2.11. The van der Waals surface area contributed by atoms with Crippen molar-refractivity contribution in [2.45, 2.75) is 58.0 Å². The third-order valence-corrected chi connectivity index (χ3v) is 4.85. The lowest BCUT2D eigenvalue weighted by molar-refractivity contribution is -0.142. The van der Waals surface area contributed by atoms with Gasteiger partial charge in [-0.15, -0.1) is 0 Å². The van der Waals surface area contributed by atoms with Crippen LogP contribution in [0.5, 0.6) is 0 Å². The maximum Gasteiger partial charge on any atom is 0.326 e. The van der Waals surface area contributed by atoms with E-state index in [1.54, 1.807) is 0 Å². The molecule has 0 aliphatic rings. The summed E-state index contributed by atoms with van der Waals surface area (Å²) in [5.41, 5.74) is 2.84. The Morgan fingerprint density at radius 1 is 0.833 bits per heavy atom. The number of benzene rings is 2. The molecule has 0 fully saturated rings. The number of amides is 2. The average molecular weight is 411 g/mol. The van der Waals surface area contributed by atoms with Gasteiger partial charge in [0.1, 0.15) is 12.1 Å². The van der Waals surface area contributed by atoms with E-state index in [2.05, 4.69) is 31.4 Å². The molecule has 2 amide bonds. The lowest BCUT2D eigenvalue weighted by Crippen LogP contribution is -2.52. The van der Waals surface area contributed by atoms with Crippen LogP contribution in [0.2, 0.25) is 0 Å². The monoisotopic (exact) mass is 410 g/mol. The van der Waals surface area contributed by atoms with E-state index < -0.39 is 24.0 Å². The quantitative estimate of drug-likeness (QED) is 0.624. The molecule has 0 saturated heterocycles. The Hall–Kier alpha value is -3.15. The van der Waals surface area contributed by atoms with Crippen LogP contribution in [0.15, 0.2) is 54.6 Å². The standard InChI is InChI=1S/C24H30N2O4/c1-16(27)25-20(14-17-8-6-5-7-9-17)22(28)26-21(23(29)30)15-18-10-12-19(13-11-18)24(2,3)4/h5-13,20-21H,14-15H2,1-4H3,(H,25,27)(H,26,28)(H,29,30)/t20-,21-/m1/s1. The van der Waals surface area contributed by atoms with Crippen LogP contribution in [-0.2, 0) is 32.6 Å². The van der Waals surface area contributed by atoms with Crippen LogP contribution in [0, 0.1) is 0 Å². The molecule has 0 bridgehead atoms. The zero-order chi connectivity index (χ0) is 22.3. The molecule has 6 nitrogen and oxygen atoms in total. The van der Waals surface area contributed by atoms with Crippen molar-refractivity contribution in [3.63, 3.8) is 0 Å². The second kappa shape index (κ2) is 10.1. The third kappa shape index (κ3) is 7.03. The first-order chi connectivity index (χ1) is 14.1. The second-order valence-electron chi connectivity index (χ2n) is 8.49. The van der Waals surface area contributed by atoms with Crippen LogP contribution in [0.3, 0.4) is 0 Å². The fraction of sp³-hybridized carbons (Fsp3) is 0.375. The number of carboxylic acids is 1. The normalized spacial score (nSPS) is 13.2. The van der Waals surface area contributed by atoms with Gasteiger partial charge in [0.15, 0.2) is 0 Å². The number of aliphatic carboxylic acids is 1. The van der Waals surface area contributed by atoms with Crippen molar-refractivity contribution in [2.24, 2.45) is 0 Å². The minimum absolute atomic E-state index is 0.00195. The largest absolute Gasteiger partial charge is 0.480 e. The topological polar surface area (TPSA) is 95.5 Å². The fourth-order valence-electron chi connectivity index (χ4n) is 3.15. The molecule has 2 atom stereocenters. The summed E-state index contributed by atoms with van der Waals surface area (Å²) in [6.45, 7) is 7.66. The van der Waals surface area contributed by atoms with Crippen molar-refractivity contribution in [1.29, 1.82) is 0 Å². The molecule has 0 aliphatic carbocycles. The molecule has 30 heavy (non-hydrogen) atoms. The van der Waals surface area contributed by atoms with Crippen LogP contribution in [0.1, 0.15) is 44.4 Å². The summed E-state index contributed by atoms with van der Waals surface area (Å²) >= 11 is 0. The van der Waals surface area contributed by atoms with E-state index in [-0.39, 0.29) is 24.2 Å². The van der Waals surface area contributed by atoms with E-state index in [1.807, 2.05) is 54.6 Å². The number of carboxylic acid groups (broad SMARTS) is 1. The lowest BCUT2D eigenvalue weighted by Gasteiger charge is -2.22. The van der Waals surface area contributed by atoms with Gasteiger partial charge >= 0.3 is 5.97 Å². The minimum Gasteiger partial charge on any atom is -0.480 e. The summed E-state index contributed by atoms with van der Waals surface area (Å²) < 4.78 is 0. The summed E-state index contributed by atoms with van der Waals surface area (Å²) in [5, 5.41) is 14.8. The molecule has 6 heteroatoms. The van der Waals surface area contributed by atoms with Crippen LogP contribution in [-0.4, -0.2) is 35.0 Å². The average Bonchev–Trinajstić information content (AvgIpc) is 2.67. The molecule has 0 heterocycles. The van der Waals surface area contributed by atoms with E-state index in [1.165, 1.54) is 6.92 Å². The molecular formula is C24H30N2O4. The lowest BCUT2D eigenvalue weighted by atomic mass is 9.86. The smallest absolute Gasteiger partial charge is 0.326 e. The van der Waals surface area contributed by atoms with Gasteiger partial charge in [-0.05, 0) is 22.1 Å². The van der Waals surface area contributed by atoms with Crippen LogP contribution in [0.4, 0.5) is 0 Å². The summed E-state index contributed by atoms with van der Waals surface area (Å²) in [4.78, 5) is 36.1. The van der Waals surface area contributed by atoms with Crippen LogP contribution < -0.4 is 10.6 Å². The number of nitrogens with one attached hydrogen (secondary N) is 2. The first-order valence-corrected chi connectivity index (χ1v) is 10.00. The molecule has 0 aromatic heterocycles. The Kier molecular flexibility index (Phi) is 7.75. The van der Waals surface area contributed by atoms with Crippen LogP contribution >= 0.6 is 0 Å². The number of carbonyl (C=O) groups is 3. The maximum atomic E-state index is 12.8. The van der Waals surface area contributed by atoms with Gasteiger partial charge in [0.05, 0.1) is 0 Å². The van der Waals surface area contributed by atoms with Gasteiger partial charge in [-0.25, -0.2) is 4.79 Å². The highest BCUT2D eigenvalue weighted by Gasteiger charge is 2.26. The number of hydrogen-bond donors (Lipinski definition) is 3. The molecule has 0 saturated carbocycles. The van der Waals surface area contributed by atoms with Crippen LogP contribution in [0.25, 0.3) is 0 Å². The van der Waals surface area contributed by atoms with Gasteiger partial charge in [0.25, 0.3) is 0 Å². The molecule has 0 unspecified atom stereocenters. The van der Waals surface area contributed by atoms with Crippen molar-refractivity contribution in [2.75, 3.05) is 0 Å². The van der Waals surface area contributed by atoms with Crippen molar-refractivity contribution < 1.29 is 19.5 Å². The van der Waals surface area contributed by atoms with Gasteiger partial charge < -0.3 is 15.7 Å². The summed E-state index contributed by atoms with van der Waals surface area (Å²) in [6.07, 6.45) is 0.433. The van der Waals surface area contributed by atoms with Crippen molar-refractivity contribution in [3.8, 4) is 0 Å². The molecule has 160 valence electrons. The van der Waals surface area contributed by atoms with Crippen molar-refractivity contribution in [3.05, 3.63) is 71.3 Å². The fourth-order valence-corrected chi connectivity index (χ4v) is 3.15. The Bertz CT molecular complexity index is 870. The zero-order valence-electron chi connectivity index (χ0n) is 17.9.